The largest absolute Gasteiger partial charge is 0.343 e. The van der Waals surface area contributed by atoms with E-state index in [1.54, 1.807) is 31.5 Å². The molecule has 0 bridgehead atoms. The van der Waals surface area contributed by atoms with E-state index in [1.807, 2.05) is 0 Å². The van der Waals surface area contributed by atoms with Gasteiger partial charge in [-0.25, -0.2) is 0 Å². The molecule has 172 valence electrons. The van der Waals surface area contributed by atoms with E-state index in [-0.39, 0.29) is 17.6 Å². The number of unbranched alkanes of at least 4 members (excludes halogenated alkanes) is 2. The highest BCUT2D eigenvalue weighted by Gasteiger charge is 2.24. The van der Waals surface area contributed by atoms with Crippen molar-refractivity contribution in [2.75, 3.05) is 38.0 Å². The first-order chi connectivity index (χ1) is 14.8. The number of Topliss-reactive ketones (excluding diaryl/α,β-unsaturated/α-hetero) is 1. The predicted octanol–water partition coefficient (Wildman–Crippen LogP) is 2.07. The van der Waals surface area contributed by atoms with E-state index in [4.69, 9.17) is 0 Å². The van der Waals surface area contributed by atoms with Gasteiger partial charge in [0.05, 0.1) is 18.4 Å². The van der Waals surface area contributed by atoms with Crippen LogP contribution in [0.3, 0.4) is 0 Å². The molecule has 1 aromatic heterocycles. The SMILES string of the molecule is CC(=O)CCCCC[C@H](NC(=O)CN1CCN(C(C)C)CC1)C(=O)Nc1cccnc1. The number of hydrogen-bond donors (Lipinski definition) is 2. The van der Waals surface area contributed by atoms with E-state index in [2.05, 4.69) is 39.3 Å². The number of aromatic nitrogens is 1. The molecule has 0 radical (unpaired) electrons. The van der Waals surface area contributed by atoms with Gasteiger partial charge in [-0.2, -0.15) is 0 Å². The second-order valence-electron chi connectivity index (χ2n) is 8.56. The molecule has 1 aromatic rings. The number of ketones is 1. The number of rotatable bonds is 12. The molecule has 1 saturated heterocycles. The minimum Gasteiger partial charge on any atom is -0.343 e. The number of anilines is 1. The van der Waals surface area contributed by atoms with Crippen LogP contribution in [0.1, 0.15) is 52.9 Å². The number of amides is 2. The number of pyridine rings is 1. The van der Waals surface area contributed by atoms with Crippen molar-refractivity contribution in [3.05, 3.63) is 24.5 Å². The number of carbonyl (C=O) groups is 3. The Balaban J connectivity index is 1.86. The zero-order valence-corrected chi connectivity index (χ0v) is 19.1. The summed E-state index contributed by atoms with van der Waals surface area (Å²) in [6, 6.07) is 3.42. The van der Waals surface area contributed by atoms with Crippen LogP contribution >= 0.6 is 0 Å². The zero-order valence-electron chi connectivity index (χ0n) is 19.1. The van der Waals surface area contributed by atoms with Gasteiger partial charge in [-0.15, -0.1) is 0 Å². The van der Waals surface area contributed by atoms with Gasteiger partial charge < -0.3 is 15.4 Å². The van der Waals surface area contributed by atoms with Crippen molar-refractivity contribution in [2.24, 2.45) is 0 Å². The lowest BCUT2D eigenvalue weighted by molar-refractivity contribution is -0.127. The summed E-state index contributed by atoms with van der Waals surface area (Å²) in [4.78, 5) is 45.1. The Morgan fingerprint density at radius 3 is 2.45 bits per heavy atom. The van der Waals surface area contributed by atoms with Gasteiger partial charge in [0.15, 0.2) is 0 Å². The Hall–Kier alpha value is -2.32. The minimum absolute atomic E-state index is 0.131. The summed E-state index contributed by atoms with van der Waals surface area (Å²) in [5.41, 5.74) is 0.605. The van der Waals surface area contributed by atoms with E-state index in [0.717, 1.165) is 45.4 Å². The van der Waals surface area contributed by atoms with Crippen LogP contribution in [0.5, 0.6) is 0 Å². The number of nitrogens with zero attached hydrogens (tertiary/aromatic N) is 3. The second-order valence-corrected chi connectivity index (χ2v) is 8.56. The molecule has 2 amide bonds. The lowest BCUT2D eigenvalue weighted by Crippen LogP contribution is -2.53. The average Bonchev–Trinajstić information content (AvgIpc) is 2.73. The number of nitrogens with one attached hydrogen (secondary N) is 2. The summed E-state index contributed by atoms with van der Waals surface area (Å²) < 4.78 is 0. The van der Waals surface area contributed by atoms with Gasteiger partial charge in [0.2, 0.25) is 11.8 Å². The first kappa shape index (κ1) is 24.9. The maximum absolute atomic E-state index is 12.8. The van der Waals surface area contributed by atoms with Crippen LogP contribution in [0, 0.1) is 0 Å². The summed E-state index contributed by atoms with van der Waals surface area (Å²) in [5.74, 6) is -0.192. The summed E-state index contributed by atoms with van der Waals surface area (Å²) >= 11 is 0. The standard InChI is InChI=1S/C23H37N5O3/c1-18(2)28-14-12-27(13-15-28)17-22(30)26-21(10-6-4-5-8-19(3)29)23(31)25-20-9-7-11-24-16-20/h7,9,11,16,18,21H,4-6,8,10,12-15,17H2,1-3H3,(H,25,31)(H,26,30)/t21-/m0/s1. The van der Waals surface area contributed by atoms with Gasteiger partial charge in [-0.3, -0.25) is 24.4 Å². The van der Waals surface area contributed by atoms with Gasteiger partial charge >= 0.3 is 0 Å². The van der Waals surface area contributed by atoms with Gasteiger partial charge in [0, 0.05) is 44.8 Å². The Bertz CT molecular complexity index is 702. The van der Waals surface area contributed by atoms with Crippen molar-refractivity contribution in [1.82, 2.24) is 20.1 Å². The molecule has 0 aromatic carbocycles. The van der Waals surface area contributed by atoms with Crippen molar-refractivity contribution >= 4 is 23.3 Å². The van der Waals surface area contributed by atoms with E-state index < -0.39 is 6.04 Å². The Kier molecular flexibility index (Phi) is 10.6. The first-order valence-corrected chi connectivity index (χ1v) is 11.3. The molecular formula is C23H37N5O3. The van der Waals surface area contributed by atoms with Crippen LogP contribution < -0.4 is 10.6 Å². The predicted molar refractivity (Wildman–Crippen MR) is 122 cm³/mol. The fourth-order valence-electron chi connectivity index (χ4n) is 3.71. The Morgan fingerprint density at radius 1 is 1.10 bits per heavy atom. The molecule has 0 spiro atoms. The van der Waals surface area contributed by atoms with Crippen molar-refractivity contribution < 1.29 is 14.4 Å². The summed E-state index contributed by atoms with van der Waals surface area (Å²) in [5, 5.41) is 5.76. The molecule has 0 aliphatic carbocycles. The summed E-state index contributed by atoms with van der Waals surface area (Å²) in [6.45, 7) is 9.86. The summed E-state index contributed by atoms with van der Waals surface area (Å²) in [6.07, 6.45) is 6.74. The van der Waals surface area contributed by atoms with Crippen molar-refractivity contribution in [3.63, 3.8) is 0 Å². The van der Waals surface area contributed by atoms with Crippen LogP contribution in [0.25, 0.3) is 0 Å². The summed E-state index contributed by atoms with van der Waals surface area (Å²) in [7, 11) is 0. The third-order valence-corrected chi connectivity index (χ3v) is 5.61. The fourth-order valence-corrected chi connectivity index (χ4v) is 3.71. The zero-order chi connectivity index (χ0) is 22.6. The molecule has 1 fully saturated rings. The van der Waals surface area contributed by atoms with Crippen LogP contribution in [-0.2, 0) is 14.4 Å². The van der Waals surface area contributed by atoms with Crippen LogP contribution in [0.4, 0.5) is 5.69 Å². The average molecular weight is 432 g/mol. The number of carbonyl (C=O) groups excluding carboxylic acids is 3. The normalized spacial score (nSPS) is 16.1. The lowest BCUT2D eigenvalue weighted by Gasteiger charge is -2.36. The number of piperazine rings is 1. The van der Waals surface area contributed by atoms with Crippen molar-refractivity contribution in [1.29, 1.82) is 0 Å². The van der Waals surface area contributed by atoms with Crippen LogP contribution in [0.2, 0.25) is 0 Å². The van der Waals surface area contributed by atoms with Gasteiger partial charge in [0.25, 0.3) is 0 Å². The van der Waals surface area contributed by atoms with E-state index in [0.29, 0.717) is 31.1 Å². The first-order valence-electron chi connectivity index (χ1n) is 11.3. The molecule has 2 rings (SSSR count). The molecule has 1 aliphatic rings. The maximum Gasteiger partial charge on any atom is 0.246 e. The van der Waals surface area contributed by atoms with Crippen LogP contribution in [0.15, 0.2) is 24.5 Å². The maximum atomic E-state index is 12.8. The molecule has 1 atom stereocenters. The topological polar surface area (TPSA) is 94.6 Å². The highest BCUT2D eigenvalue weighted by Crippen LogP contribution is 2.11. The molecule has 0 saturated carbocycles. The monoisotopic (exact) mass is 431 g/mol. The highest BCUT2D eigenvalue weighted by atomic mass is 16.2. The molecule has 31 heavy (non-hydrogen) atoms. The smallest absolute Gasteiger partial charge is 0.246 e. The fraction of sp³-hybridized carbons (Fsp3) is 0.652. The van der Waals surface area contributed by atoms with E-state index >= 15 is 0 Å². The molecule has 8 heteroatoms. The molecule has 2 N–H and O–H groups in total. The molecule has 2 heterocycles. The lowest BCUT2D eigenvalue weighted by atomic mass is 10.1. The number of hydrogen-bond acceptors (Lipinski definition) is 6. The second kappa shape index (κ2) is 13.2. The van der Waals surface area contributed by atoms with Crippen LogP contribution in [-0.4, -0.2) is 77.2 Å². The Labute approximate surface area is 185 Å². The third kappa shape index (κ3) is 9.57. The van der Waals surface area contributed by atoms with Gasteiger partial charge in [0.1, 0.15) is 11.8 Å². The molecule has 0 unspecified atom stereocenters. The van der Waals surface area contributed by atoms with E-state index in [1.165, 1.54) is 0 Å². The van der Waals surface area contributed by atoms with E-state index in [9.17, 15) is 14.4 Å². The highest BCUT2D eigenvalue weighted by molar-refractivity contribution is 5.97. The van der Waals surface area contributed by atoms with Gasteiger partial charge in [-0.1, -0.05) is 12.8 Å². The minimum atomic E-state index is -0.609. The Morgan fingerprint density at radius 2 is 1.84 bits per heavy atom. The molecule has 1 aliphatic heterocycles. The third-order valence-electron chi connectivity index (χ3n) is 5.61. The molecule has 8 nitrogen and oxygen atoms in total. The van der Waals surface area contributed by atoms with Crippen molar-refractivity contribution in [2.45, 2.75) is 65.0 Å². The quantitative estimate of drug-likeness (QED) is 0.492. The van der Waals surface area contributed by atoms with Gasteiger partial charge in [-0.05, 0) is 45.7 Å². The van der Waals surface area contributed by atoms with Crippen molar-refractivity contribution in [3.8, 4) is 0 Å². The molecular weight excluding hydrogens is 394 g/mol.